The van der Waals surface area contributed by atoms with Crippen molar-refractivity contribution in [3.63, 3.8) is 0 Å². The second kappa shape index (κ2) is 3.76. The van der Waals surface area contributed by atoms with Crippen LogP contribution < -0.4 is 0 Å². The summed E-state index contributed by atoms with van der Waals surface area (Å²) in [5.74, 6) is 0.985. The number of hydrogen-bond acceptors (Lipinski definition) is 3. The van der Waals surface area contributed by atoms with Crippen molar-refractivity contribution >= 4 is 29.3 Å². The Morgan fingerprint density at radius 1 is 1.55 bits per heavy atom. The molecular weight excluding hydrogens is 186 g/mol. The largest absolute Gasteiger partial charge is 0.625 e. The monoisotopic (exact) mass is 195 g/mol. The lowest BCUT2D eigenvalue weighted by Gasteiger charge is -2.41. The molecule has 0 atom stereocenters. The topological polar surface area (TPSA) is 40.1 Å². The summed E-state index contributed by atoms with van der Waals surface area (Å²) >= 11 is 7.02. The van der Waals surface area contributed by atoms with Crippen molar-refractivity contribution in [3.8, 4) is 0 Å². The molecule has 0 unspecified atom stereocenters. The second-order valence-electron chi connectivity index (χ2n) is 2.48. The SMILES string of the molecule is O=C(CCl)[N+]1([O-])CCSCC1. The molecule has 0 aromatic heterocycles. The highest BCUT2D eigenvalue weighted by atomic mass is 35.5. The number of hydroxylamine groups is 3. The van der Waals surface area contributed by atoms with Gasteiger partial charge in [0.1, 0.15) is 5.88 Å². The Labute approximate surface area is 74.9 Å². The van der Waals surface area contributed by atoms with Crippen LogP contribution in [0.25, 0.3) is 0 Å². The van der Waals surface area contributed by atoms with Crippen LogP contribution in [-0.4, -0.2) is 41.0 Å². The van der Waals surface area contributed by atoms with E-state index in [1.165, 1.54) is 0 Å². The molecule has 0 aromatic carbocycles. The maximum absolute atomic E-state index is 11.5. The number of hydrogen-bond donors (Lipinski definition) is 0. The molecule has 1 heterocycles. The average molecular weight is 196 g/mol. The highest BCUT2D eigenvalue weighted by Crippen LogP contribution is 2.17. The highest BCUT2D eigenvalue weighted by molar-refractivity contribution is 7.99. The quantitative estimate of drug-likeness (QED) is 0.353. The van der Waals surface area contributed by atoms with Gasteiger partial charge in [0.05, 0.1) is 13.1 Å². The number of thioether (sulfide) groups is 1. The number of carbonyl (C=O) groups excluding carboxylic acids is 1. The van der Waals surface area contributed by atoms with E-state index in [9.17, 15) is 10.0 Å². The second-order valence-corrected chi connectivity index (χ2v) is 3.97. The van der Waals surface area contributed by atoms with Gasteiger partial charge in [-0.1, -0.05) is 0 Å². The molecular formula is C6H10ClNO2S. The van der Waals surface area contributed by atoms with E-state index in [4.69, 9.17) is 11.6 Å². The summed E-state index contributed by atoms with van der Waals surface area (Å²) in [5, 5.41) is 11.5. The fourth-order valence-electron chi connectivity index (χ4n) is 0.996. The van der Waals surface area contributed by atoms with Crippen molar-refractivity contribution in [3.05, 3.63) is 5.21 Å². The fraction of sp³-hybridized carbons (Fsp3) is 0.833. The molecule has 1 rings (SSSR count). The van der Waals surface area contributed by atoms with Crippen LogP contribution in [0.1, 0.15) is 0 Å². The Morgan fingerprint density at radius 3 is 2.55 bits per heavy atom. The van der Waals surface area contributed by atoms with Crippen LogP contribution in [0.15, 0.2) is 0 Å². The van der Waals surface area contributed by atoms with Crippen LogP contribution in [0.5, 0.6) is 0 Å². The molecule has 0 radical (unpaired) electrons. The van der Waals surface area contributed by atoms with Crippen LogP contribution >= 0.6 is 23.4 Å². The maximum Gasteiger partial charge on any atom is 0.328 e. The first-order valence-corrected chi connectivity index (χ1v) is 5.13. The highest BCUT2D eigenvalue weighted by Gasteiger charge is 2.28. The van der Waals surface area contributed by atoms with Crippen LogP contribution in [0.3, 0.4) is 0 Å². The Bertz CT molecular complexity index is 159. The summed E-state index contributed by atoms with van der Waals surface area (Å²) in [5.41, 5.74) is 0. The summed E-state index contributed by atoms with van der Waals surface area (Å²) in [6.45, 7) is 0.770. The van der Waals surface area contributed by atoms with Crippen molar-refractivity contribution < 1.29 is 9.44 Å². The number of halogens is 1. The van der Waals surface area contributed by atoms with E-state index in [1.54, 1.807) is 11.8 Å². The summed E-state index contributed by atoms with van der Waals surface area (Å²) in [7, 11) is 0. The standard InChI is InChI=1S/C6H10ClNO2S/c7-5-6(9)8(10)1-3-11-4-2-8/h1-5H2. The molecule has 0 spiro atoms. The Morgan fingerprint density at radius 2 is 2.09 bits per heavy atom. The predicted molar refractivity (Wildman–Crippen MR) is 46.4 cm³/mol. The van der Waals surface area contributed by atoms with Gasteiger partial charge >= 0.3 is 5.91 Å². The van der Waals surface area contributed by atoms with Gasteiger partial charge in [0.25, 0.3) is 0 Å². The van der Waals surface area contributed by atoms with E-state index in [1.807, 2.05) is 0 Å². The van der Waals surface area contributed by atoms with E-state index in [-0.39, 0.29) is 5.88 Å². The molecule has 0 aromatic rings. The lowest BCUT2D eigenvalue weighted by atomic mass is 10.4. The summed E-state index contributed by atoms with van der Waals surface area (Å²) in [4.78, 5) is 11.0. The smallest absolute Gasteiger partial charge is 0.328 e. The summed E-state index contributed by atoms with van der Waals surface area (Å²) in [6, 6.07) is 0. The van der Waals surface area contributed by atoms with Gasteiger partial charge in [0.15, 0.2) is 0 Å². The Balaban J connectivity index is 2.56. The number of rotatable bonds is 1. The number of quaternary nitrogens is 1. The zero-order valence-electron chi connectivity index (χ0n) is 6.09. The van der Waals surface area contributed by atoms with Gasteiger partial charge in [-0.25, -0.2) is 4.79 Å². The van der Waals surface area contributed by atoms with Crippen LogP contribution in [0.2, 0.25) is 0 Å². The van der Waals surface area contributed by atoms with Crippen LogP contribution in [0.4, 0.5) is 0 Å². The van der Waals surface area contributed by atoms with E-state index >= 15 is 0 Å². The molecule has 0 saturated carbocycles. The minimum atomic E-state index is -0.712. The zero-order valence-corrected chi connectivity index (χ0v) is 7.66. The van der Waals surface area contributed by atoms with Gasteiger partial charge in [0, 0.05) is 11.5 Å². The van der Waals surface area contributed by atoms with Gasteiger partial charge in [0.2, 0.25) is 0 Å². The minimum Gasteiger partial charge on any atom is -0.625 e. The maximum atomic E-state index is 11.5. The molecule has 3 nitrogen and oxygen atoms in total. The van der Waals surface area contributed by atoms with Gasteiger partial charge in [-0.3, -0.25) is 4.65 Å². The van der Waals surface area contributed by atoms with Crippen molar-refractivity contribution in [2.45, 2.75) is 0 Å². The summed E-state index contributed by atoms with van der Waals surface area (Å²) in [6.07, 6.45) is 0. The Kier molecular flexibility index (Phi) is 3.18. The van der Waals surface area contributed by atoms with Crippen LogP contribution in [0, 0.1) is 5.21 Å². The molecule has 64 valence electrons. The van der Waals surface area contributed by atoms with Gasteiger partial charge in [-0.2, -0.15) is 11.8 Å². The van der Waals surface area contributed by atoms with E-state index in [2.05, 4.69) is 0 Å². The predicted octanol–water partition coefficient (Wildman–Crippen LogP) is 0.813. The van der Waals surface area contributed by atoms with E-state index in [0.29, 0.717) is 13.1 Å². The van der Waals surface area contributed by atoms with Crippen molar-refractivity contribution in [2.24, 2.45) is 0 Å². The lowest BCUT2D eigenvalue weighted by Crippen LogP contribution is -2.53. The van der Waals surface area contributed by atoms with Crippen molar-refractivity contribution in [1.82, 2.24) is 0 Å². The first-order valence-electron chi connectivity index (χ1n) is 3.44. The number of carbonyl (C=O) groups is 1. The fourth-order valence-corrected chi connectivity index (χ4v) is 2.27. The first-order chi connectivity index (χ1) is 5.19. The molecule has 0 N–H and O–H groups in total. The zero-order chi connectivity index (χ0) is 8.32. The third-order valence-corrected chi connectivity index (χ3v) is 2.93. The molecule has 0 bridgehead atoms. The Hall–Kier alpha value is 0.230. The van der Waals surface area contributed by atoms with Gasteiger partial charge in [-0.15, -0.1) is 11.6 Å². The van der Waals surface area contributed by atoms with Crippen molar-refractivity contribution in [1.29, 1.82) is 0 Å². The minimum absolute atomic E-state index is 0.159. The molecule has 1 fully saturated rings. The van der Waals surface area contributed by atoms with E-state index in [0.717, 1.165) is 11.5 Å². The third-order valence-electron chi connectivity index (χ3n) is 1.76. The normalized spacial score (nSPS) is 23.1. The molecule has 5 heteroatoms. The molecule has 11 heavy (non-hydrogen) atoms. The molecule has 0 aliphatic carbocycles. The van der Waals surface area contributed by atoms with Crippen LogP contribution in [-0.2, 0) is 4.79 Å². The number of alkyl halides is 1. The molecule has 1 aliphatic rings. The third kappa shape index (κ3) is 2.08. The molecule has 1 aliphatic heterocycles. The van der Waals surface area contributed by atoms with E-state index < -0.39 is 10.6 Å². The van der Waals surface area contributed by atoms with Gasteiger partial charge in [-0.05, 0) is 0 Å². The van der Waals surface area contributed by atoms with Gasteiger partial charge < -0.3 is 5.21 Å². The number of nitrogens with zero attached hydrogens (tertiary/aromatic N) is 1. The number of amides is 1. The van der Waals surface area contributed by atoms with Crippen molar-refractivity contribution in [2.75, 3.05) is 30.5 Å². The molecule has 1 amide bonds. The first kappa shape index (κ1) is 9.32. The molecule has 1 saturated heterocycles. The lowest BCUT2D eigenvalue weighted by molar-refractivity contribution is -0.799. The average Bonchev–Trinajstić information content (AvgIpc) is 2.04. The summed E-state index contributed by atoms with van der Waals surface area (Å²) < 4.78 is -0.712.